The smallest absolute Gasteiger partial charge is 0.329 e. The molecule has 1 fully saturated rings. The highest BCUT2D eigenvalue weighted by Gasteiger charge is 2.24. The van der Waals surface area contributed by atoms with Gasteiger partial charge >= 0.3 is 5.97 Å². The van der Waals surface area contributed by atoms with Crippen LogP contribution in [-0.2, 0) is 16.1 Å². The van der Waals surface area contributed by atoms with Crippen molar-refractivity contribution in [1.82, 2.24) is 4.90 Å². The lowest BCUT2D eigenvalue weighted by Crippen LogP contribution is -2.41. The van der Waals surface area contributed by atoms with Crippen molar-refractivity contribution in [2.24, 2.45) is 5.73 Å². The third-order valence-corrected chi connectivity index (χ3v) is 3.61. The molecule has 3 N–H and O–H groups in total. The second kappa shape index (κ2) is 7.19. The van der Waals surface area contributed by atoms with E-state index in [4.69, 9.17) is 15.6 Å². The van der Waals surface area contributed by atoms with Gasteiger partial charge in [-0.05, 0) is 30.5 Å². The predicted octanol–water partition coefficient (Wildman–Crippen LogP) is 0.851. The van der Waals surface area contributed by atoms with Crippen LogP contribution < -0.4 is 5.73 Å². The molecule has 0 atom stereocenters. The van der Waals surface area contributed by atoms with E-state index in [0.717, 1.165) is 5.56 Å². The number of amides is 1. The number of piperidine rings is 1. The zero-order chi connectivity index (χ0) is 15.2. The van der Waals surface area contributed by atoms with Crippen LogP contribution in [0.5, 0.6) is 0 Å². The summed E-state index contributed by atoms with van der Waals surface area (Å²) in [4.78, 5) is 24.6. The highest BCUT2D eigenvalue weighted by molar-refractivity contribution is 5.94. The minimum Gasteiger partial charge on any atom is -0.480 e. The molecule has 21 heavy (non-hydrogen) atoms. The molecule has 6 nitrogen and oxygen atoms in total. The fourth-order valence-electron chi connectivity index (χ4n) is 2.38. The summed E-state index contributed by atoms with van der Waals surface area (Å²) in [5, 5.41) is 8.58. The number of rotatable bonds is 5. The second-order valence-electron chi connectivity index (χ2n) is 5.10. The van der Waals surface area contributed by atoms with E-state index >= 15 is 0 Å². The first-order valence-corrected chi connectivity index (χ1v) is 7.02. The average Bonchev–Trinajstić information content (AvgIpc) is 2.53. The molecule has 1 aromatic carbocycles. The van der Waals surface area contributed by atoms with E-state index in [2.05, 4.69) is 0 Å². The lowest BCUT2D eigenvalue weighted by Gasteiger charge is -2.31. The summed E-state index contributed by atoms with van der Waals surface area (Å²) in [6, 6.07) is 7.29. The van der Waals surface area contributed by atoms with Crippen molar-refractivity contribution in [2.45, 2.75) is 25.5 Å². The molecule has 1 heterocycles. The lowest BCUT2D eigenvalue weighted by atomic mass is 10.1. The predicted molar refractivity (Wildman–Crippen MR) is 76.8 cm³/mol. The lowest BCUT2D eigenvalue weighted by molar-refractivity contribution is -0.145. The van der Waals surface area contributed by atoms with Crippen LogP contribution in [0.1, 0.15) is 28.8 Å². The largest absolute Gasteiger partial charge is 0.480 e. The van der Waals surface area contributed by atoms with Crippen molar-refractivity contribution in [3.05, 3.63) is 35.4 Å². The Morgan fingerprint density at radius 2 is 1.86 bits per heavy atom. The number of carboxylic acid groups (broad SMARTS) is 1. The van der Waals surface area contributed by atoms with Gasteiger partial charge < -0.3 is 20.5 Å². The van der Waals surface area contributed by atoms with Gasteiger partial charge in [-0.15, -0.1) is 0 Å². The molecule has 6 heteroatoms. The van der Waals surface area contributed by atoms with E-state index in [1.807, 2.05) is 12.1 Å². The van der Waals surface area contributed by atoms with Gasteiger partial charge in [0, 0.05) is 25.2 Å². The number of nitrogens with zero attached hydrogens (tertiary/aromatic N) is 1. The third-order valence-electron chi connectivity index (χ3n) is 3.61. The Labute approximate surface area is 123 Å². The monoisotopic (exact) mass is 292 g/mol. The zero-order valence-electron chi connectivity index (χ0n) is 11.8. The van der Waals surface area contributed by atoms with Gasteiger partial charge in [0.05, 0.1) is 6.10 Å². The summed E-state index contributed by atoms with van der Waals surface area (Å²) in [6.07, 6.45) is 1.25. The van der Waals surface area contributed by atoms with E-state index in [1.165, 1.54) is 0 Å². The van der Waals surface area contributed by atoms with Crippen LogP contribution >= 0.6 is 0 Å². The normalized spacial score (nSPS) is 16.0. The topological polar surface area (TPSA) is 92.9 Å². The maximum atomic E-state index is 12.3. The fraction of sp³-hybridized carbons (Fsp3) is 0.467. The summed E-state index contributed by atoms with van der Waals surface area (Å²) in [5.74, 6) is -0.969. The first-order valence-electron chi connectivity index (χ1n) is 7.02. The molecular formula is C15H20N2O4. The van der Waals surface area contributed by atoms with Gasteiger partial charge in [0.2, 0.25) is 0 Å². The maximum absolute atomic E-state index is 12.3. The van der Waals surface area contributed by atoms with Crippen LogP contribution in [0.25, 0.3) is 0 Å². The van der Waals surface area contributed by atoms with Crippen molar-refractivity contribution in [2.75, 3.05) is 19.7 Å². The summed E-state index contributed by atoms with van der Waals surface area (Å²) in [5.41, 5.74) is 7.18. The van der Waals surface area contributed by atoms with Gasteiger partial charge in [0.25, 0.3) is 5.91 Å². The molecule has 0 bridgehead atoms. The van der Waals surface area contributed by atoms with Crippen molar-refractivity contribution < 1.29 is 19.4 Å². The number of hydrogen-bond donors (Lipinski definition) is 2. The van der Waals surface area contributed by atoms with E-state index in [0.29, 0.717) is 38.0 Å². The van der Waals surface area contributed by atoms with Gasteiger partial charge in [-0.25, -0.2) is 4.79 Å². The summed E-state index contributed by atoms with van der Waals surface area (Å²) < 4.78 is 5.26. The van der Waals surface area contributed by atoms with E-state index < -0.39 is 5.97 Å². The Hall–Kier alpha value is -1.92. The number of likely N-dealkylation sites (tertiary alicyclic amines) is 1. The number of hydrogen-bond acceptors (Lipinski definition) is 4. The maximum Gasteiger partial charge on any atom is 0.329 e. The molecule has 1 saturated heterocycles. The van der Waals surface area contributed by atoms with Crippen molar-refractivity contribution >= 4 is 11.9 Å². The molecule has 1 aromatic rings. The van der Waals surface area contributed by atoms with Gasteiger partial charge in [-0.1, -0.05) is 12.1 Å². The van der Waals surface area contributed by atoms with Crippen LogP contribution in [0.3, 0.4) is 0 Å². The Bertz CT molecular complexity index is 493. The van der Waals surface area contributed by atoms with Crippen LogP contribution in [0.4, 0.5) is 0 Å². The number of aliphatic carboxylic acids is 1. The van der Waals surface area contributed by atoms with Crippen molar-refractivity contribution in [1.29, 1.82) is 0 Å². The number of ether oxygens (including phenoxy) is 1. The van der Waals surface area contributed by atoms with Crippen LogP contribution in [0, 0.1) is 0 Å². The molecule has 0 aliphatic carbocycles. The number of benzene rings is 1. The molecule has 0 radical (unpaired) electrons. The molecule has 114 valence electrons. The zero-order valence-corrected chi connectivity index (χ0v) is 11.8. The quantitative estimate of drug-likeness (QED) is 0.839. The third kappa shape index (κ3) is 4.27. The SMILES string of the molecule is NCc1ccc(C(=O)N2CCC(OCC(=O)O)CC2)cc1. The standard InChI is InChI=1S/C15H20N2O4/c16-9-11-1-3-12(4-2-11)15(20)17-7-5-13(6-8-17)21-10-14(18)19/h1-4,13H,5-10,16H2,(H,18,19). The average molecular weight is 292 g/mol. The highest BCUT2D eigenvalue weighted by atomic mass is 16.5. The number of carboxylic acids is 1. The molecule has 0 unspecified atom stereocenters. The van der Waals surface area contributed by atoms with Crippen LogP contribution in [0.2, 0.25) is 0 Å². The van der Waals surface area contributed by atoms with Crippen molar-refractivity contribution in [3.63, 3.8) is 0 Å². The van der Waals surface area contributed by atoms with Gasteiger partial charge in [-0.3, -0.25) is 4.79 Å². The molecule has 0 spiro atoms. The summed E-state index contributed by atoms with van der Waals surface area (Å²) in [7, 11) is 0. The fourth-order valence-corrected chi connectivity index (χ4v) is 2.38. The highest BCUT2D eigenvalue weighted by Crippen LogP contribution is 2.16. The molecule has 2 rings (SSSR count). The van der Waals surface area contributed by atoms with E-state index in [-0.39, 0.29) is 18.6 Å². The molecule has 1 amide bonds. The van der Waals surface area contributed by atoms with E-state index in [9.17, 15) is 9.59 Å². The molecule has 1 aliphatic rings. The number of nitrogens with two attached hydrogens (primary N) is 1. The molecule has 1 aliphatic heterocycles. The minimum atomic E-state index is -0.964. The van der Waals surface area contributed by atoms with Gasteiger partial charge in [0.15, 0.2) is 0 Å². The minimum absolute atomic E-state index is 0.00439. The second-order valence-corrected chi connectivity index (χ2v) is 5.10. The Balaban J connectivity index is 1.86. The van der Waals surface area contributed by atoms with Crippen LogP contribution in [-0.4, -0.2) is 47.7 Å². The van der Waals surface area contributed by atoms with Gasteiger partial charge in [0.1, 0.15) is 6.61 Å². The first-order chi connectivity index (χ1) is 10.1. The first kappa shape index (κ1) is 15.5. The molecule has 0 aromatic heterocycles. The number of carbonyl (C=O) groups is 2. The Morgan fingerprint density at radius 3 is 2.38 bits per heavy atom. The number of carbonyl (C=O) groups excluding carboxylic acids is 1. The Kier molecular flexibility index (Phi) is 5.30. The van der Waals surface area contributed by atoms with Crippen molar-refractivity contribution in [3.8, 4) is 0 Å². The summed E-state index contributed by atoms with van der Waals surface area (Å²) in [6.45, 7) is 1.35. The summed E-state index contributed by atoms with van der Waals surface area (Å²) >= 11 is 0. The molecular weight excluding hydrogens is 272 g/mol. The molecule has 0 saturated carbocycles. The Morgan fingerprint density at radius 1 is 1.24 bits per heavy atom. The van der Waals surface area contributed by atoms with E-state index in [1.54, 1.807) is 17.0 Å². The van der Waals surface area contributed by atoms with Crippen LogP contribution in [0.15, 0.2) is 24.3 Å². The van der Waals surface area contributed by atoms with Gasteiger partial charge in [-0.2, -0.15) is 0 Å².